The predicted octanol–water partition coefficient (Wildman–Crippen LogP) is 4.08. The summed E-state index contributed by atoms with van der Waals surface area (Å²) in [6.07, 6.45) is 5.21. The minimum Gasteiger partial charge on any atom is -0.497 e. The lowest BCUT2D eigenvalue weighted by Crippen LogP contribution is -2.63. The van der Waals surface area contributed by atoms with Crippen molar-refractivity contribution in [1.82, 2.24) is 4.90 Å². The van der Waals surface area contributed by atoms with Crippen LogP contribution in [0.5, 0.6) is 5.75 Å². The molecule has 6 rings (SSSR count). The van der Waals surface area contributed by atoms with Crippen molar-refractivity contribution in [3.63, 3.8) is 0 Å². The van der Waals surface area contributed by atoms with E-state index in [0.29, 0.717) is 18.0 Å². The Morgan fingerprint density at radius 2 is 1.81 bits per heavy atom. The molecular weight excluding hydrogens is 320 g/mol. The van der Waals surface area contributed by atoms with Gasteiger partial charge in [0.15, 0.2) is 0 Å². The smallest absolute Gasteiger partial charge is 0.119 e. The molecule has 3 fully saturated rings. The number of para-hydroxylation sites is 1. The monoisotopic (exact) mass is 348 g/mol. The highest BCUT2D eigenvalue weighted by molar-refractivity contribution is 5.49. The van der Waals surface area contributed by atoms with Gasteiger partial charge in [0.05, 0.1) is 7.11 Å². The fourth-order valence-corrected chi connectivity index (χ4v) is 5.34. The first-order chi connectivity index (χ1) is 12.8. The van der Waals surface area contributed by atoms with Crippen LogP contribution in [0.15, 0.2) is 48.5 Å². The van der Waals surface area contributed by atoms with Gasteiger partial charge in [0.1, 0.15) is 5.75 Å². The summed E-state index contributed by atoms with van der Waals surface area (Å²) in [7, 11) is 1.77. The summed E-state index contributed by atoms with van der Waals surface area (Å²) in [5.41, 5.74) is 4.47. The Morgan fingerprint density at radius 3 is 2.58 bits per heavy atom. The molecule has 26 heavy (non-hydrogen) atoms. The van der Waals surface area contributed by atoms with Crippen molar-refractivity contribution in [2.24, 2.45) is 0 Å². The van der Waals surface area contributed by atoms with Crippen molar-refractivity contribution in [2.45, 2.75) is 43.7 Å². The second-order valence-electron chi connectivity index (χ2n) is 8.13. The third-order valence-corrected chi connectivity index (χ3v) is 6.74. The second-order valence-corrected chi connectivity index (χ2v) is 8.13. The number of piperazine rings is 1. The largest absolute Gasteiger partial charge is 0.497 e. The van der Waals surface area contributed by atoms with Crippen LogP contribution in [0.1, 0.15) is 36.3 Å². The highest BCUT2D eigenvalue weighted by Crippen LogP contribution is 2.39. The van der Waals surface area contributed by atoms with Gasteiger partial charge in [-0.05, 0) is 67.0 Å². The molecule has 136 valence electrons. The Morgan fingerprint density at radius 1 is 0.962 bits per heavy atom. The molecule has 2 aromatic rings. The van der Waals surface area contributed by atoms with Gasteiger partial charge in [0.25, 0.3) is 0 Å². The van der Waals surface area contributed by atoms with E-state index in [1.807, 2.05) is 0 Å². The minimum absolute atomic E-state index is 0.671. The van der Waals surface area contributed by atoms with Crippen molar-refractivity contribution in [3.05, 3.63) is 59.7 Å². The summed E-state index contributed by atoms with van der Waals surface area (Å²) in [5.74, 6) is 1.68. The molecule has 2 bridgehead atoms. The molecule has 0 amide bonds. The molecule has 3 aliphatic heterocycles. The van der Waals surface area contributed by atoms with Gasteiger partial charge in [0.2, 0.25) is 0 Å². The molecule has 0 radical (unpaired) electrons. The maximum absolute atomic E-state index is 5.47. The number of piperidine rings is 2. The zero-order chi connectivity index (χ0) is 17.5. The number of rotatable bonds is 4. The third-order valence-electron chi connectivity index (χ3n) is 6.74. The lowest BCUT2D eigenvalue weighted by atomic mass is 9.88. The zero-order valence-electron chi connectivity index (χ0n) is 15.6. The topological polar surface area (TPSA) is 15.7 Å². The van der Waals surface area contributed by atoms with E-state index >= 15 is 0 Å². The maximum atomic E-state index is 5.47. The van der Waals surface area contributed by atoms with Gasteiger partial charge in [0, 0.05) is 37.4 Å². The number of methoxy groups -OCH3 is 1. The Kier molecular flexibility index (Phi) is 4.12. The molecule has 0 spiro atoms. The van der Waals surface area contributed by atoms with Crippen LogP contribution in [0.2, 0.25) is 0 Å². The molecule has 1 aliphatic carbocycles. The Balaban J connectivity index is 1.31. The van der Waals surface area contributed by atoms with Crippen LogP contribution >= 0.6 is 0 Å². The first-order valence-electron chi connectivity index (χ1n) is 10.0. The lowest BCUT2D eigenvalue weighted by Gasteiger charge is -2.53. The van der Waals surface area contributed by atoms with Crippen LogP contribution in [0.3, 0.4) is 0 Å². The Hall–Kier alpha value is -2.00. The van der Waals surface area contributed by atoms with Gasteiger partial charge in [-0.1, -0.05) is 24.3 Å². The number of hydrogen-bond donors (Lipinski definition) is 0. The molecule has 2 aromatic carbocycles. The fraction of sp³-hybridized carbons (Fsp3) is 0.478. The van der Waals surface area contributed by atoms with E-state index < -0.39 is 0 Å². The average Bonchev–Trinajstić information content (AvgIpc) is 3.11. The summed E-state index contributed by atoms with van der Waals surface area (Å²) < 4.78 is 5.47. The molecule has 4 aliphatic rings. The van der Waals surface area contributed by atoms with E-state index in [0.717, 1.165) is 5.75 Å². The molecule has 3 nitrogen and oxygen atoms in total. The first-order valence-corrected chi connectivity index (χ1v) is 10.0. The highest BCUT2D eigenvalue weighted by atomic mass is 16.5. The minimum atomic E-state index is 0.671. The number of nitrogens with zero attached hydrogens (tertiary/aromatic N) is 2. The summed E-state index contributed by atoms with van der Waals surface area (Å²) in [6.45, 7) is 3.62. The molecule has 3 saturated heterocycles. The number of ether oxygens (including phenoxy) is 1. The summed E-state index contributed by atoms with van der Waals surface area (Å²) in [6, 6.07) is 19.0. The van der Waals surface area contributed by atoms with Gasteiger partial charge in [-0.3, -0.25) is 4.90 Å². The summed E-state index contributed by atoms with van der Waals surface area (Å²) >= 11 is 0. The van der Waals surface area contributed by atoms with Gasteiger partial charge >= 0.3 is 0 Å². The van der Waals surface area contributed by atoms with Crippen LogP contribution in [0, 0.1) is 0 Å². The quantitative estimate of drug-likeness (QED) is 0.828. The molecule has 0 aromatic heterocycles. The van der Waals surface area contributed by atoms with Gasteiger partial charge in [-0.25, -0.2) is 0 Å². The van der Waals surface area contributed by atoms with E-state index in [1.54, 1.807) is 7.11 Å². The molecule has 3 heteroatoms. The van der Waals surface area contributed by atoms with E-state index in [9.17, 15) is 0 Å². The number of anilines is 1. The second kappa shape index (κ2) is 6.62. The lowest BCUT2D eigenvalue weighted by molar-refractivity contribution is 0.0894. The molecule has 0 N–H and O–H groups in total. The molecule has 3 atom stereocenters. The standard InChI is InChI=1S/C23H28N2O/c1-26-22-12-9-17-7-8-18(23(17)13-22)14-24-15-21-11-10-20(24)16-25(21)19-5-3-2-4-6-19/h2-6,9,12-13,18,20-21H,7-8,10-11,14-16H2,1H3/t18?,20-,21-/m1/s1. The van der Waals surface area contributed by atoms with E-state index in [2.05, 4.69) is 58.3 Å². The van der Waals surface area contributed by atoms with Crippen molar-refractivity contribution < 1.29 is 4.74 Å². The molecule has 1 unspecified atom stereocenters. The predicted molar refractivity (Wildman–Crippen MR) is 106 cm³/mol. The Labute approximate surface area is 156 Å². The summed E-state index contributed by atoms with van der Waals surface area (Å²) in [4.78, 5) is 5.43. The maximum Gasteiger partial charge on any atom is 0.119 e. The van der Waals surface area contributed by atoms with Crippen molar-refractivity contribution >= 4 is 5.69 Å². The normalized spacial score (nSPS) is 27.6. The van der Waals surface area contributed by atoms with Crippen LogP contribution < -0.4 is 9.64 Å². The van der Waals surface area contributed by atoms with Crippen LogP contribution in [0.25, 0.3) is 0 Å². The fourth-order valence-electron chi connectivity index (χ4n) is 5.34. The number of fused-ring (bicyclic) bond motifs is 4. The van der Waals surface area contributed by atoms with E-state index in [1.165, 1.54) is 62.1 Å². The van der Waals surface area contributed by atoms with Crippen LogP contribution in [-0.4, -0.2) is 43.7 Å². The number of benzene rings is 2. The average molecular weight is 348 g/mol. The molecular formula is C23H28N2O. The molecule has 3 heterocycles. The van der Waals surface area contributed by atoms with Crippen LogP contribution in [0.4, 0.5) is 5.69 Å². The van der Waals surface area contributed by atoms with Gasteiger partial charge < -0.3 is 9.64 Å². The summed E-state index contributed by atoms with van der Waals surface area (Å²) in [5, 5.41) is 0. The highest BCUT2D eigenvalue weighted by Gasteiger charge is 2.40. The van der Waals surface area contributed by atoms with Crippen molar-refractivity contribution in [1.29, 1.82) is 0 Å². The third kappa shape index (κ3) is 2.79. The van der Waals surface area contributed by atoms with Crippen LogP contribution in [-0.2, 0) is 6.42 Å². The molecule has 0 saturated carbocycles. The number of hydrogen-bond acceptors (Lipinski definition) is 3. The Bertz CT molecular complexity index is 775. The van der Waals surface area contributed by atoms with Crippen molar-refractivity contribution in [3.8, 4) is 5.75 Å². The van der Waals surface area contributed by atoms with Gasteiger partial charge in [-0.2, -0.15) is 0 Å². The van der Waals surface area contributed by atoms with E-state index in [-0.39, 0.29) is 0 Å². The number of aryl methyl sites for hydroxylation is 1. The van der Waals surface area contributed by atoms with Gasteiger partial charge in [-0.15, -0.1) is 0 Å². The SMILES string of the molecule is COc1ccc2c(c1)C(CN1C[C@H]3CC[C@@H]1CN3c1ccccc1)CC2. The zero-order valence-corrected chi connectivity index (χ0v) is 15.6. The van der Waals surface area contributed by atoms with Crippen molar-refractivity contribution in [2.75, 3.05) is 31.6 Å². The first kappa shape index (κ1) is 16.2. The van der Waals surface area contributed by atoms with E-state index in [4.69, 9.17) is 4.74 Å².